The maximum atomic E-state index is 12.0. The predicted molar refractivity (Wildman–Crippen MR) is 69.0 cm³/mol. The molecule has 0 aliphatic carbocycles. The molecule has 0 saturated carbocycles. The van der Waals surface area contributed by atoms with Crippen molar-refractivity contribution in [1.82, 2.24) is 5.32 Å². The van der Waals surface area contributed by atoms with Gasteiger partial charge in [0.1, 0.15) is 0 Å². The summed E-state index contributed by atoms with van der Waals surface area (Å²) in [5.41, 5.74) is 3.80. The lowest BCUT2D eigenvalue weighted by Gasteiger charge is -2.26. The summed E-state index contributed by atoms with van der Waals surface area (Å²) in [6.45, 7) is 6.28. The summed E-state index contributed by atoms with van der Waals surface area (Å²) in [4.78, 5) is 0. The number of hydrogen-bond donors (Lipinski definition) is 1. The first-order valence-electron chi connectivity index (χ1n) is 5.77. The number of rotatable bonds is 4. The van der Waals surface area contributed by atoms with Gasteiger partial charge >= 0.3 is 0 Å². The summed E-state index contributed by atoms with van der Waals surface area (Å²) in [5, 5.41) is 3.22. The highest BCUT2D eigenvalue weighted by Gasteiger charge is 2.19. The molecule has 0 aromatic heterocycles. The summed E-state index contributed by atoms with van der Waals surface area (Å²) in [6.07, 6.45) is 0. The van der Waals surface area contributed by atoms with Crippen LogP contribution in [0.2, 0.25) is 0 Å². The summed E-state index contributed by atoms with van der Waals surface area (Å²) < 4.78 is 12.0. The van der Waals surface area contributed by atoms with Gasteiger partial charge in [-0.2, -0.15) is 0 Å². The molecule has 0 bridgehead atoms. The smallest absolute Gasteiger partial charge is 0.0491 e. The van der Waals surface area contributed by atoms with Gasteiger partial charge in [-0.05, 0) is 36.5 Å². The van der Waals surface area contributed by atoms with Crippen molar-refractivity contribution < 1.29 is 4.21 Å². The molecule has 0 spiro atoms. The molecule has 1 aromatic rings. The van der Waals surface area contributed by atoms with E-state index in [2.05, 4.69) is 37.4 Å². The Morgan fingerprint density at radius 2 is 1.94 bits per heavy atom. The Labute approximate surface area is 99.9 Å². The normalized spacial score (nSPS) is 18.1. The average Bonchev–Trinajstić information content (AvgIpc) is 2.18. The van der Waals surface area contributed by atoms with E-state index in [4.69, 9.17) is 0 Å². The second-order valence-electron chi connectivity index (χ2n) is 4.65. The van der Waals surface area contributed by atoms with Crippen molar-refractivity contribution in [2.24, 2.45) is 5.92 Å². The molecule has 2 rings (SSSR count). The minimum Gasteiger partial charge on any atom is -0.316 e. The van der Waals surface area contributed by atoms with E-state index in [1.807, 2.05) is 0 Å². The van der Waals surface area contributed by atoms with Crippen LogP contribution in [-0.2, 0) is 16.6 Å². The lowest BCUT2D eigenvalue weighted by Crippen LogP contribution is -2.44. The van der Waals surface area contributed by atoms with Crippen LogP contribution in [0.3, 0.4) is 0 Å². The van der Waals surface area contributed by atoms with Crippen molar-refractivity contribution in [2.75, 3.05) is 18.8 Å². The molecule has 1 heterocycles. The van der Waals surface area contributed by atoms with Crippen LogP contribution in [0.1, 0.15) is 16.7 Å². The molecule has 1 unspecified atom stereocenters. The Morgan fingerprint density at radius 1 is 1.31 bits per heavy atom. The van der Waals surface area contributed by atoms with Crippen molar-refractivity contribution in [3.63, 3.8) is 0 Å². The second kappa shape index (κ2) is 5.11. The van der Waals surface area contributed by atoms with Crippen LogP contribution in [0.15, 0.2) is 18.2 Å². The molecule has 1 atom stereocenters. The van der Waals surface area contributed by atoms with Gasteiger partial charge in [0.15, 0.2) is 0 Å². The zero-order chi connectivity index (χ0) is 11.5. The van der Waals surface area contributed by atoms with Gasteiger partial charge in [0, 0.05) is 35.4 Å². The van der Waals surface area contributed by atoms with Gasteiger partial charge in [-0.1, -0.05) is 18.2 Å². The van der Waals surface area contributed by atoms with E-state index < -0.39 is 10.8 Å². The van der Waals surface area contributed by atoms with Gasteiger partial charge in [-0.25, -0.2) is 0 Å². The molecule has 1 saturated heterocycles. The van der Waals surface area contributed by atoms with Gasteiger partial charge in [-0.3, -0.25) is 4.21 Å². The van der Waals surface area contributed by atoms with E-state index in [1.54, 1.807) is 0 Å². The van der Waals surface area contributed by atoms with E-state index in [1.165, 1.54) is 16.7 Å². The molecule has 1 aliphatic heterocycles. The first-order valence-corrected chi connectivity index (χ1v) is 7.26. The number of aryl methyl sites for hydroxylation is 2. The lowest BCUT2D eigenvalue weighted by molar-refractivity contribution is 0.382. The summed E-state index contributed by atoms with van der Waals surface area (Å²) in [7, 11) is -0.710. The van der Waals surface area contributed by atoms with Crippen molar-refractivity contribution >= 4 is 10.8 Å². The van der Waals surface area contributed by atoms with E-state index in [9.17, 15) is 4.21 Å². The Hall–Kier alpha value is -0.670. The van der Waals surface area contributed by atoms with Gasteiger partial charge in [0.05, 0.1) is 0 Å². The van der Waals surface area contributed by atoms with Gasteiger partial charge in [0.2, 0.25) is 0 Å². The number of hydrogen-bond acceptors (Lipinski definition) is 2. The topological polar surface area (TPSA) is 29.1 Å². The van der Waals surface area contributed by atoms with Crippen LogP contribution in [0.5, 0.6) is 0 Å². The summed E-state index contributed by atoms with van der Waals surface area (Å²) in [5.74, 6) is 2.20. The van der Waals surface area contributed by atoms with Crippen LogP contribution in [0.4, 0.5) is 0 Å². The molecular weight excluding hydrogens is 218 g/mol. The Bertz CT molecular complexity index is 379. The van der Waals surface area contributed by atoms with Crippen molar-refractivity contribution in [1.29, 1.82) is 0 Å². The summed E-state index contributed by atoms with van der Waals surface area (Å²) in [6, 6.07) is 6.27. The Morgan fingerprint density at radius 3 is 2.44 bits per heavy atom. The maximum Gasteiger partial charge on any atom is 0.0491 e. The first kappa shape index (κ1) is 11.8. The quantitative estimate of drug-likeness (QED) is 0.865. The van der Waals surface area contributed by atoms with E-state index in [-0.39, 0.29) is 0 Å². The first-order chi connectivity index (χ1) is 7.66. The molecule has 88 valence electrons. The SMILES string of the molecule is Cc1cccc(C)c1CS(=O)CC1CNC1. The van der Waals surface area contributed by atoms with Crippen LogP contribution in [-0.4, -0.2) is 23.1 Å². The predicted octanol–water partition coefficient (Wildman–Crippen LogP) is 1.77. The van der Waals surface area contributed by atoms with Gasteiger partial charge < -0.3 is 5.32 Å². The minimum atomic E-state index is -0.710. The molecule has 1 fully saturated rings. The van der Waals surface area contributed by atoms with Crippen molar-refractivity contribution in [3.05, 3.63) is 34.9 Å². The summed E-state index contributed by atoms with van der Waals surface area (Å²) >= 11 is 0. The third-order valence-corrected chi connectivity index (χ3v) is 4.69. The third kappa shape index (κ3) is 2.71. The molecule has 1 aliphatic rings. The highest BCUT2D eigenvalue weighted by Crippen LogP contribution is 2.17. The highest BCUT2D eigenvalue weighted by molar-refractivity contribution is 7.84. The van der Waals surface area contributed by atoms with E-state index in [0.29, 0.717) is 5.92 Å². The number of benzene rings is 1. The van der Waals surface area contributed by atoms with Gasteiger partial charge in [0.25, 0.3) is 0 Å². The fourth-order valence-electron chi connectivity index (χ4n) is 2.03. The monoisotopic (exact) mass is 237 g/mol. The van der Waals surface area contributed by atoms with Crippen LogP contribution < -0.4 is 5.32 Å². The van der Waals surface area contributed by atoms with E-state index in [0.717, 1.165) is 24.6 Å². The van der Waals surface area contributed by atoms with Crippen molar-refractivity contribution in [3.8, 4) is 0 Å². The largest absolute Gasteiger partial charge is 0.316 e. The molecule has 0 amide bonds. The average molecular weight is 237 g/mol. The van der Waals surface area contributed by atoms with Crippen molar-refractivity contribution in [2.45, 2.75) is 19.6 Å². The van der Waals surface area contributed by atoms with E-state index >= 15 is 0 Å². The highest BCUT2D eigenvalue weighted by atomic mass is 32.2. The maximum absolute atomic E-state index is 12.0. The zero-order valence-corrected chi connectivity index (χ0v) is 10.8. The molecule has 1 N–H and O–H groups in total. The second-order valence-corrected chi connectivity index (χ2v) is 6.15. The lowest BCUT2D eigenvalue weighted by atomic mass is 10.1. The zero-order valence-electron chi connectivity index (χ0n) is 9.95. The molecule has 0 radical (unpaired) electrons. The molecule has 1 aromatic carbocycles. The van der Waals surface area contributed by atoms with Crippen LogP contribution >= 0.6 is 0 Å². The number of nitrogens with one attached hydrogen (secondary N) is 1. The molecule has 3 heteroatoms. The van der Waals surface area contributed by atoms with Crippen LogP contribution in [0, 0.1) is 19.8 Å². The van der Waals surface area contributed by atoms with Gasteiger partial charge in [-0.15, -0.1) is 0 Å². The standard InChI is InChI=1S/C13H19NOS/c1-10-4-3-5-11(2)13(10)9-16(15)8-12-6-14-7-12/h3-5,12,14H,6-9H2,1-2H3. The fourth-order valence-corrected chi connectivity index (χ4v) is 3.68. The fraction of sp³-hybridized carbons (Fsp3) is 0.538. The Balaban J connectivity index is 1.99. The van der Waals surface area contributed by atoms with Crippen LogP contribution in [0.25, 0.3) is 0 Å². The third-order valence-electron chi connectivity index (χ3n) is 3.24. The minimum absolute atomic E-state index is 0.630. The molecule has 2 nitrogen and oxygen atoms in total. The Kier molecular flexibility index (Phi) is 3.77. The molecule has 16 heavy (non-hydrogen) atoms. The molecular formula is C13H19NOS.